The van der Waals surface area contributed by atoms with Gasteiger partial charge in [0.25, 0.3) is 5.91 Å². The van der Waals surface area contributed by atoms with Gasteiger partial charge >= 0.3 is 5.97 Å². The van der Waals surface area contributed by atoms with Crippen molar-refractivity contribution in [2.75, 3.05) is 11.9 Å². The normalized spacial score (nSPS) is 10.5. The third-order valence-corrected chi connectivity index (χ3v) is 5.17. The van der Waals surface area contributed by atoms with E-state index in [0.29, 0.717) is 5.13 Å². The highest BCUT2D eigenvalue weighted by atomic mass is 79.9. The minimum absolute atomic E-state index is 0.0796. The number of ether oxygens (including phenoxy) is 1. The van der Waals surface area contributed by atoms with Crippen LogP contribution in [0.4, 0.5) is 5.13 Å². The van der Waals surface area contributed by atoms with Gasteiger partial charge in [-0.25, -0.2) is 14.8 Å². The molecule has 2 aromatic heterocycles. The maximum atomic E-state index is 12.0. The number of rotatable bonds is 5. The van der Waals surface area contributed by atoms with Crippen molar-refractivity contribution in [3.8, 4) is 11.3 Å². The molecule has 3 rings (SSSR count). The van der Waals surface area contributed by atoms with E-state index in [9.17, 15) is 9.59 Å². The van der Waals surface area contributed by atoms with Gasteiger partial charge in [0, 0.05) is 21.6 Å². The first-order valence-electron chi connectivity index (χ1n) is 7.42. The van der Waals surface area contributed by atoms with Gasteiger partial charge < -0.3 is 4.74 Å². The van der Waals surface area contributed by atoms with Gasteiger partial charge in [-0.05, 0) is 18.2 Å². The van der Waals surface area contributed by atoms with Gasteiger partial charge in [-0.1, -0.05) is 51.3 Å². The standard InChI is InChI=1S/C17H10BrCl2N3O3S/c18-11-3-1-2-9(4-11)13-8-27-17(22-13)23-14(24)7-26-16(25)10-5-12(19)15(20)21-6-10/h1-6,8H,7H2,(H,22,23,24). The maximum absolute atomic E-state index is 12.0. The topological polar surface area (TPSA) is 81.2 Å². The first-order valence-corrected chi connectivity index (χ1v) is 9.85. The van der Waals surface area contributed by atoms with E-state index >= 15 is 0 Å². The van der Waals surface area contributed by atoms with Crippen LogP contribution >= 0.6 is 50.5 Å². The summed E-state index contributed by atoms with van der Waals surface area (Å²) in [5, 5.41) is 5.02. The molecule has 2 heterocycles. The molecule has 10 heteroatoms. The molecule has 0 atom stereocenters. The summed E-state index contributed by atoms with van der Waals surface area (Å²) in [5.74, 6) is -1.24. The molecule has 0 fully saturated rings. The summed E-state index contributed by atoms with van der Waals surface area (Å²) in [6, 6.07) is 8.97. The second-order valence-electron chi connectivity index (χ2n) is 5.17. The van der Waals surface area contributed by atoms with Crippen molar-refractivity contribution in [2.45, 2.75) is 0 Å². The molecule has 0 bridgehead atoms. The molecule has 1 amide bonds. The molecule has 6 nitrogen and oxygen atoms in total. The fourth-order valence-corrected chi connectivity index (χ4v) is 3.42. The Labute approximate surface area is 176 Å². The maximum Gasteiger partial charge on any atom is 0.340 e. The Hall–Kier alpha value is -2.00. The average molecular weight is 487 g/mol. The Morgan fingerprint density at radius 3 is 2.81 bits per heavy atom. The molecule has 1 N–H and O–H groups in total. The summed E-state index contributed by atoms with van der Waals surface area (Å²) >= 11 is 16.2. The fourth-order valence-electron chi connectivity index (χ4n) is 2.01. The number of esters is 1. The van der Waals surface area contributed by atoms with Crippen LogP contribution in [0.5, 0.6) is 0 Å². The van der Waals surface area contributed by atoms with Crippen molar-refractivity contribution >= 4 is 67.5 Å². The second kappa shape index (κ2) is 8.79. The summed E-state index contributed by atoms with van der Waals surface area (Å²) in [7, 11) is 0. The van der Waals surface area contributed by atoms with Gasteiger partial charge in [0.15, 0.2) is 11.7 Å². The van der Waals surface area contributed by atoms with Gasteiger partial charge in [-0.2, -0.15) is 0 Å². The zero-order valence-corrected chi connectivity index (χ0v) is 17.3. The molecular formula is C17H10BrCl2N3O3S. The Morgan fingerprint density at radius 1 is 1.26 bits per heavy atom. The highest BCUT2D eigenvalue weighted by Gasteiger charge is 2.14. The molecule has 0 spiro atoms. The van der Waals surface area contributed by atoms with E-state index in [1.165, 1.54) is 23.6 Å². The lowest BCUT2D eigenvalue weighted by molar-refractivity contribution is -0.119. The summed E-state index contributed by atoms with van der Waals surface area (Å²) in [5.41, 5.74) is 1.75. The van der Waals surface area contributed by atoms with Crippen molar-refractivity contribution in [1.82, 2.24) is 9.97 Å². The van der Waals surface area contributed by atoms with E-state index < -0.39 is 18.5 Å². The summed E-state index contributed by atoms with van der Waals surface area (Å²) in [4.78, 5) is 32.0. The lowest BCUT2D eigenvalue weighted by Gasteiger charge is -2.05. The number of amides is 1. The van der Waals surface area contributed by atoms with E-state index in [1.54, 1.807) is 0 Å². The van der Waals surface area contributed by atoms with E-state index in [1.807, 2.05) is 29.6 Å². The number of anilines is 1. The van der Waals surface area contributed by atoms with Crippen molar-refractivity contribution in [2.24, 2.45) is 0 Å². The van der Waals surface area contributed by atoms with Gasteiger partial charge in [-0.3, -0.25) is 10.1 Å². The zero-order chi connectivity index (χ0) is 19.4. The lowest BCUT2D eigenvalue weighted by Crippen LogP contribution is -2.21. The number of carbonyl (C=O) groups excluding carboxylic acids is 2. The van der Waals surface area contributed by atoms with Gasteiger partial charge in [0.1, 0.15) is 5.15 Å². The molecule has 0 aliphatic carbocycles. The molecule has 0 radical (unpaired) electrons. The molecule has 0 aliphatic rings. The highest BCUT2D eigenvalue weighted by Crippen LogP contribution is 2.27. The molecule has 138 valence electrons. The van der Waals surface area contributed by atoms with Crippen LogP contribution in [-0.4, -0.2) is 28.5 Å². The quantitative estimate of drug-likeness (QED) is 0.402. The minimum Gasteiger partial charge on any atom is -0.452 e. The average Bonchev–Trinajstić information content (AvgIpc) is 3.10. The third-order valence-electron chi connectivity index (χ3n) is 3.24. The Bertz CT molecular complexity index is 1010. The van der Waals surface area contributed by atoms with Crippen LogP contribution in [0.15, 0.2) is 46.4 Å². The van der Waals surface area contributed by atoms with Crippen molar-refractivity contribution in [3.05, 3.63) is 62.1 Å². The number of pyridine rings is 1. The molecule has 0 aliphatic heterocycles. The number of nitrogens with zero attached hydrogens (tertiary/aromatic N) is 2. The van der Waals surface area contributed by atoms with E-state index in [0.717, 1.165) is 15.7 Å². The van der Waals surface area contributed by atoms with Crippen LogP contribution in [0, 0.1) is 0 Å². The third kappa shape index (κ3) is 5.26. The van der Waals surface area contributed by atoms with Gasteiger partial charge in [-0.15, -0.1) is 11.3 Å². The van der Waals surface area contributed by atoms with Crippen LogP contribution in [0.2, 0.25) is 10.2 Å². The van der Waals surface area contributed by atoms with Crippen molar-refractivity contribution < 1.29 is 14.3 Å². The van der Waals surface area contributed by atoms with Crippen LogP contribution in [0.3, 0.4) is 0 Å². The monoisotopic (exact) mass is 485 g/mol. The number of aromatic nitrogens is 2. The first-order chi connectivity index (χ1) is 12.9. The molecule has 0 saturated heterocycles. The van der Waals surface area contributed by atoms with Crippen LogP contribution in [-0.2, 0) is 9.53 Å². The minimum atomic E-state index is -0.731. The number of hydrogen-bond donors (Lipinski definition) is 1. The van der Waals surface area contributed by atoms with E-state index in [2.05, 4.69) is 31.2 Å². The molecule has 0 saturated carbocycles. The first kappa shape index (κ1) is 19.8. The van der Waals surface area contributed by atoms with Crippen LogP contribution in [0.1, 0.15) is 10.4 Å². The number of halogens is 3. The van der Waals surface area contributed by atoms with Crippen molar-refractivity contribution in [3.63, 3.8) is 0 Å². The van der Waals surface area contributed by atoms with Crippen molar-refractivity contribution in [1.29, 1.82) is 0 Å². The molecule has 3 aromatic rings. The SMILES string of the molecule is O=C(COC(=O)c1cnc(Cl)c(Cl)c1)Nc1nc(-c2cccc(Br)c2)cs1. The predicted octanol–water partition coefficient (Wildman–Crippen LogP) is 5.07. The molecule has 0 unspecified atom stereocenters. The predicted molar refractivity (Wildman–Crippen MR) is 108 cm³/mol. The highest BCUT2D eigenvalue weighted by molar-refractivity contribution is 9.10. The smallest absolute Gasteiger partial charge is 0.340 e. The number of hydrogen-bond acceptors (Lipinski definition) is 6. The van der Waals surface area contributed by atoms with E-state index in [-0.39, 0.29) is 15.7 Å². The molecule has 1 aromatic carbocycles. The lowest BCUT2D eigenvalue weighted by atomic mass is 10.2. The number of thiazole rings is 1. The summed E-state index contributed by atoms with van der Waals surface area (Å²) in [6.45, 7) is -0.467. The molecule has 27 heavy (non-hydrogen) atoms. The number of carbonyl (C=O) groups is 2. The summed E-state index contributed by atoms with van der Waals surface area (Å²) < 4.78 is 5.87. The second-order valence-corrected chi connectivity index (χ2v) is 7.71. The number of nitrogens with one attached hydrogen (secondary N) is 1. The molecular weight excluding hydrogens is 477 g/mol. The van der Waals surface area contributed by atoms with E-state index in [4.69, 9.17) is 27.9 Å². The number of benzene rings is 1. The fraction of sp³-hybridized carbons (Fsp3) is 0.0588. The van der Waals surface area contributed by atoms with Gasteiger partial charge in [0.05, 0.1) is 16.3 Å². The van der Waals surface area contributed by atoms with Gasteiger partial charge in [0.2, 0.25) is 0 Å². The largest absolute Gasteiger partial charge is 0.452 e. The summed E-state index contributed by atoms with van der Waals surface area (Å²) in [6.07, 6.45) is 1.22. The van der Waals surface area contributed by atoms with Crippen LogP contribution < -0.4 is 5.32 Å². The zero-order valence-electron chi connectivity index (χ0n) is 13.4. The Morgan fingerprint density at radius 2 is 2.07 bits per heavy atom. The van der Waals surface area contributed by atoms with Crippen LogP contribution in [0.25, 0.3) is 11.3 Å². The Kier molecular flexibility index (Phi) is 6.43. The Balaban J connectivity index is 1.56.